The maximum absolute atomic E-state index is 4.36. The van der Waals surface area contributed by atoms with Gasteiger partial charge in [-0.1, -0.05) is 35.9 Å². The van der Waals surface area contributed by atoms with E-state index in [0.29, 0.717) is 0 Å². The molecule has 0 bridgehead atoms. The molecule has 1 aliphatic heterocycles. The number of thiophene rings is 1. The van der Waals surface area contributed by atoms with E-state index in [9.17, 15) is 0 Å². The molecule has 1 aromatic carbocycles. The molecule has 2 heterocycles. The number of piperidine rings is 1. The standard InChI is InChI=1S/C22H32N4S/c1-18-5-7-20(8-6-18)17-26-13-10-19(11-14-26)16-25-22(23-2)24-12-9-21-4-3-15-27-21/h3-8,15,19H,9-14,16-17H2,1-2H3,(H2,23,24,25). The maximum Gasteiger partial charge on any atom is 0.190 e. The Bertz CT molecular complexity index is 686. The number of aliphatic imine (C=N–C) groups is 1. The van der Waals surface area contributed by atoms with Gasteiger partial charge in [0.05, 0.1) is 0 Å². The van der Waals surface area contributed by atoms with Gasteiger partial charge in [0.25, 0.3) is 0 Å². The molecule has 0 saturated carbocycles. The Morgan fingerprint density at radius 3 is 2.59 bits per heavy atom. The third kappa shape index (κ3) is 6.67. The molecule has 1 aliphatic rings. The molecule has 2 N–H and O–H groups in total. The molecule has 1 fully saturated rings. The van der Waals surface area contributed by atoms with Crippen molar-refractivity contribution < 1.29 is 0 Å². The van der Waals surface area contributed by atoms with E-state index >= 15 is 0 Å². The van der Waals surface area contributed by atoms with E-state index in [2.05, 4.69) is 69.2 Å². The lowest BCUT2D eigenvalue weighted by Gasteiger charge is -2.32. The number of likely N-dealkylation sites (tertiary alicyclic amines) is 1. The monoisotopic (exact) mass is 384 g/mol. The minimum Gasteiger partial charge on any atom is -0.356 e. The van der Waals surface area contributed by atoms with Crippen molar-refractivity contribution in [3.63, 3.8) is 0 Å². The van der Waals surface area contributed by atoms with Crippen molar-refractivity contribution in [2.45, 2.75) is 32.7 Å². The first-order valence-electron chi connectivity index (χ1n) is 9.97. The molecule has 3 rings (SSSR count). The summed E-state index contributed by atoms with van der Waals surface area (Å²) in [6, 6.07) is 13.2. The van der Waals surface area contributed by atoms with Crippen LogP contribution < -0.4 is 10.6 Å². The predicted molar refractivity (Wildman–Crippen MR) is 117 cm³/mol. The van der Waals surface area contributed by atoms with E-state index in [0.717, 1.165) is 37.9 Å². The molecule has 4 nitrogen and oxygen atoms in total. The summed E-state index contributed by atoms with van der Waals surface area (Å²) >= 11 is 1.81. The van der Waals surface area contributed by atoms with Gasteiger partial charge in [-0.05, 0) is 62.2 Å². The first-order chi connectivity index (χ1) is 13.2. The maximum atomic E-state index is 4.36. The SMILES string of the molecule is CN=C(NCCc1cccs1)NCC1CCN(Cc2ccc(C)cc2)CC1. The van der Waals surface area contributed by atoms with Crippen LogP contribution in [-0.4, -0.2) is 44.1 Å². The quantitative estimate of drug-likeness (QED) is 0.565. The van der Waals surface area contributed by atoms with Crippen molar-refractivity contribution in [3.05, 3.63) is 57.8 Å². The summed E-state index contributed by atoms with van der Waals surface area (Å²) in [5, 5.41) is 9.07. The van der Waals surface area contributed by atoms with E-state index < -0.39 is 0 Å². The molecule has 5 heteroatoms. The van der Waals surface area contributed by atoms with Gasteiger partial charge >= 0.3 is 0 Å². The van der Waals surface area contributed by atoms with Crippen LogP contribution in [0, 0.1) is 12.8 Å². The molecule has 0 spiro atoms. The fourth-order valence-corrected chi connectivity index (χ4v) is 4.23. The van der Waals surface area contributed by atoms with Crippen LogP contribution in [0.1, 0.15) is 28.8 Å². The molecule has 2 aromatic rings. The highest BCUT2D eigenvalue weighted by Gasteiger charge is 2.19. The van der Waals surface area contributed by atoms with Gasteiger partial charge in [0.2, 0.25) is 0 Å². The largest absolute Gasteiger partial charge is 0.356 e. The summed E-state index contributed by atoms with van der Waals surface area (Å²) < 4.78 is 0. The van der Waals surface area contributed by atoms with Gasteiger partial charge in [-0.15, -0.1) is 11.3 Å². The van der Waals surface area contributed by atoms with Gasteiger partial charge in [-0.3, -0.25) is 9.89 Å². The van der Waals surface area contributed by atoms with Crippen molar-refractivity contribution in [1.29, 1.82) is 0 Å². The second kappa shape index (κ2) is 10.5. The third-order valence-corrected chi connectivity index (χ3v) is 6.20. The van der Waals surface area contributed by atoms with Crippen molar-refractivity contribution in [2.24, 2.45) is 10.9 Å². The highest BCUT2D eigenvalue weighted by Crippen LogP contribution is 2.18. The van der Waals surface area contributed by atoms with E-state index in [1.165, 1.54) is 41.9 Å². The summed E-state index contributed by atoms with van der Waals surface area (Å²) in [7, 11) is 1.85. The van der Waals surface area contributed by atoms with Gasteiger partial charge in [-0.2, -0.15) is 0 Å². The number of nitrogens with one attached hydrogen (secondary N) is 2. The highest BCUT2D eigenvalue weighted by molar-refractivity contribution is 7.09. The van der Waals surface area contributed by atoms with Crippen molar-refractivity contribution in [3.8, 4) is 0 Å². The smallest absolute Gasteiger partial charge is 0.190 e. The lowest BCUT2D eigenvalue weighted by molar-refractivity contribution is 0.178. The number of nitrogens with zero attached hydrogens (tertiary/aromatic N) is 2. The Hall–Kier alpha value is -1.85. The normalized spacial score (nSPS) is 16.4. The van der Waals surface area contributed by atoms with Crippen LogP contribution in [0.15, 0.2) is 46.8 Å². The summed E-state index contributed by atoms with van der Waals surface area (Å²) in [6.07, 6.45) is 3.56. The summed E-state index contributed by atoms with van der Waals surface area (Å²) in [5.41, 5.74) is 2.76. The van der Waals surface area contributed by atoms with E-state index in [-0.39, 0.29) is 0 Å². The Morgan fingerprint density at radius 1 is 1.15 bits per heavy atom. The Morgan fingerprint density at radius 2 is 1.93 bits per heavy atom. The first kappa shape index (κ1) is 19.9. The zero-order valence-corrected chi connectivity index (χ0v) is 17.4. The fourth-order valence-electron chi connectivity index (χ4n) is 3.52. The predicted octanol–water partition coefficient (Wildman–Crippen LogP) is 3.68. The third-order valence-electron chi connectivity index (χ3n) is 5.26. The van der Waals surface area contributed by atoms with Crippen LogP contribution in [0.4, 0.5) is 0 Å². The van der Waals surface area contributed by atoms with Crippen LogP contribution in [-0.2, 0) is 13.0 Å². The Labute approximate surface area is 167 Å². The lowest BCUT2D eigenvalue weighted by atomic mass is 9.96. The summed E-state index contributed by atoms with van der Waals surface area (Å²) in [5.74, 6) is 1.66. The summed E-state index contributed by atoms with van der Waals surface area (Å²) in [6.45, 7) is 7.53. The molecule has 0 radical (unpaired) electrons. The minimum atomic E-state index is 0.732. The number of benzene rings is 1. The average Bonchev–Trinajstić information content (AvgIpc) is 3.21. The van der Waals surface area contributed by atoms with Crippen LogP contribution in [0.2, 0.25) is 0 Å². The number of aryl methyl sites for hydroxylation is 1. The molecule has 0 unspecified atom stereocenters. The highest BCUT2D eigenvalue weighted by atomic mass is 32.1. The van der Waals surface area contributed by atoms with Crippen molar-refractivity contribution >= 4 is 17.3 Å². The molecule has 0 aliphatic carbocycles. The van der Waals surface area contributed by atoms with Crippen LogP contribution in [0.3, 0.4) is 0 Å². The van der Waals surface area contributed by atoms with E-state index in [1.54, 1.807) is 0 Å². The minimum absolute atomic E-state index is 0.732. The molecule has 0 atom stereocenters. The van der Waals surface area contributed by atoms with Gasteiger partial charge in [-0.25, -0.2) is 0 Å². The molecule has 1 saturated heterocycles. The molecule has 0 amide bonds. The van der Waals surface area contributed by atoms with E-state index in [4.69, 9.17) is 0 Å². The molecular weight excluding hydrogens is 352 g/mol. The number of hydrogen-bond donors (Lipinski definition) is 2. The van der Waals surface area contributed by atoms with Gasteiger partial charge in [0.1, 0.15) is 0 Å². The Balaban J connectivity index is 1.32. The molecular formula is C22H32N4S. The number of hydrogen-bond acceptors (Lipinski definition) is 3. The number of rotatable bonds is 7. The lowest BCUT2D eigenvalue weighted by Crippen LogP contribution is -2.43. The van der Waals surface area contributed by atoms with E-state index in [1.807, 2.05) is 18.4 Å². The molecule has 1 aromatic heterocycles. The van der Waals surface area contributed by atoms with Gasteiger partial charge in [0, 0.05) is 31.6 Å². The zero-order valence-electron chi connectivity index (χ0n) is 16.6. The molecule has 146 valence electrons. The van der Waals surface area contributed by atoms with Gasteiger partial charge < -0.3 is 10.6 Å². The van der Waals surface area contributed by atoms with Crippen LogP contribution >= 0.6 is 11.3 Å². The summed E-state index contributed by atoms with van der Waals surface area (Å²) in [4.78, 5) is 8.35. The first-order valence-corrected chi connectivity index (χ1v) is 10.9. The zero-order chi connectivity index (χ0) is 18.9. The second-order valence-electron chi connectivity index (χ2n) is 7.41. The molecule has 27 heavy (non-hydrogen) atoms. The average molecular weight is 385 g/mol. The van der Waals surface area contributed by atoms with Crippen molar-refractivity contribution in [2.75, 3.05) is 33.2 Å². The fraction of sp³-hybridized carbons (Fsp3) is 0.500. The topological polar surface area (TPSA) is 39.7 Å². The second-order valence-corrected chi connectivity index (χ2v) is 8.45. The van der Waals surface area contributed by atoms with Crippen LogP contribution in [0.25, 0.3) is 0 Å². The van der Waals surface area contributed by atoms with Gasteiger partial charge in [0.15, 0.2) is 5.96 Å². The Kier molecular flexibility index (Phi) is 7.72. The number of guanidine groups is 1. The van der Waals surface area contributed by atoms with Crippen LogP contribution in [0.5, 0.6) is 0 Å². The van der Waals surface area contributed by atoms with Crippen molar-refractivity contribution in [1.82, 2.24) is 15.5 Å².